The van der Waals surface area contributed by atoms with Crippen molar-refractivity contribution >= 4 is 41.4 Å². The van der Waals surface area contributed by atoms with Crippen LogP contribution in [0.25, 0.3) is 15.3 Å². The van der Waals surface area contributed by atoms with Crippen molar-refractivity contribution in [2.45, 2.75) is 0 Å². The Kier molecular flexibility index (Phi) is 2.87. The zero-order valence-corrected chi connectivity index (χ0v) is 14.0. The Labute approximate surface area is 145 Å². The Bertz CT molecular complexity index is 1040. The summed E-state index contributed by atoms with van der Waals surface area (Å²) in [5, 5.41) is 2.04. The van der Waals surface area contributed by atoms with Crippen molar-refractivity contribution in [2.24, 2.45) is 0 Å². The number of rotatable bonds is 2. The minimum atomic E-state index is -3.83. The van der Waals surface area contributed by atoms with Crippen LogP contribution in [0.4, 0.5) is 8.63 Å². The molecule has 0 aromatic carbocycles. The van der Waals surface area contributed by atoms with Crippen molar-refractivity contribution in [3.8, 4) is 9.75 Å². The average molecular weight is 356 g/mol. The van der Waals surface area contributed by atoms with E-state index in [2.05, 4.69) is 12.1 Å². The molecule has 0 spiro atoms. The number of hydrogen-bond acceptors (Lipinski definition) is 2. The van der Waals surface area contributed by atoms with Gasteiger partial charge in [-0.2, -0.15) is 0 Å². The summed E-state index contributed by atoms with van der Waals surface area (Å²) in [5.41, 5.74) is 2.02. The number of fused-ring (bicyclic) bond motifs is 2. The Morgan fingerprint density at radius 2 is 1.88 bits per heavy atom. The molecule has 2 aliphatic heterocycles. The highest BCUT2D eigenvalue weighted by Gasteiger charge is 2.51. The van der Waals surface area contributed by atoms with Crippen LogP contribution in [-0.2, 0) is 0 Å². The standard InChI is InChI=1S/C17H11BF2N2S2/c19-18(20)21-9-1-4-12(21)17(13-5-2-10-22(13)18)16-8-7-15(24-16)14-6-3-11-23-14/h1-11H. The van der Waals surface area contributed by atoms with Gasteiger partial charge in [-0.15, -0.1) is 22.7 Å². The highest BCUT2D eigenvalue weighted by Crippen LogP contribution is 2.42. The fourth-order valence-electron chi connectivity index (χ4n) is 3.29. The minimum Gasteiger partial charge on any atom is -0.396 e. The van der Waals surface area contributed by atoms with Crippen LogP contribution in [0, 0.1) is 0 Å². The van der Waals surface area contributed by atoms with E-state index in [0.29, 0.717) is 11.4 Å². The maximum absolute atomic E-state index is 14.8. The summed E-state index contributed by atoms with van der Waals surface area (Å²) < 4.78 is 31.7. The Morgan fingerprint density at radius 1 is 1.00 bits per heavy atom. The van der Waals surface area contributed by atoms with Crippen LogP contribution < -0.4 is 0 Å². The van der Waals surface area contributed by atoms with Crippen LogP contribution >= 0.6 is 22.7 Å². The lowest BCUT2D eigenvalue weighted by molar-refractivity contribution is -0.356. The first-order valence-electron chi connectivity index (χ1n) is 7.54. The molecule has 0 N–H and O–H groups in total. The highest BCUT2D eigenvalue weighted by molar-refractivity contribution is 7.21. The molecule has 2 aliphatic rings. The van der Waals surface area contributed by atoms with E-state index in [1.54, 1.807) is 47.0 Å². The van der Waals surface area contributed by atoms with Crippen LogP contribution in [0.5, 0.6) is 0 Å². The second kappa shape index (κ2) is 4.88. The summed E-state index contributed by atoms with van der Waals surface area (Å²) in [6.45, 7) is -3.83. The van der Waals surface area contributed by atoms with Gasteiger partial charge in [0.05, 0.1) is 5.57 Å². The molecule has 0 atom stereocenters. The predicted octanol–water partition coefficient (Wildman–Crippen LogP) is 4.93. The van der Waals surface area contributed by atoms with E-state index in [1.165, 1.54) is 17.3 Å². The number of hydrogen-bond donors (Lipinski definition) is 0. The van der Waals surface area contributed by atoms with Crippen molar-refractivity contribution < 1.29 is 13.1 Å². The molecular formula is C17H11BF2N2S2. The number of allylic oxidation sites excluding steroid dienone is 2. The van der Waals surface area contributed by atoms with Gasteiger partial charge in [-0.05, 0) is 41.9 Å². The van der Waals surface area contributed by atoms with Gasteiger partial charge >= 0.3 is 6.97 Å². The maximum atomic E-state index is 14.8. The molecule has 0 unspecified atom stereocenters. The van der Waals surface area contributed by atoms with E-state index < -0.39 is 6.97 Å². The fourth-order valence-corrected chi connectivity index (χ4v) is 5.20. The van der Waals surface area contributed by atoms with Crippen LogP contribution in [-0.4, -0.2) is 22.1 Å². The van der Waals surface area contributed by atoms with Crippen molar-refractivity contribution in [3.63, 3.8) is 0 Å². The summed E-state index contributed by atoms with van der Waals surface area (Å²) in [5.74, 6) is 0. The largest absolute Gasteiger partial charge is 0.737 e. The Morgan fingerprint density at radius 3 is 2.71 bits per heavy atom. The third-order valence-electron chi connectivity index (χ3n) is 4.36. The van der Waals surface area contributed by atoms with E-state index in [9.17, 15) is 8.63 Å². The molecule has 0 radical (unpaired) electrons. The lowest BCUT2D eigenvalue weighted by Crippen LogP contribution is -2.49. The Balaban J connectivity index is 1.74. The molecular weight excluding hydrogens is 345 g/mol. The number of nitrogens with zero attached hydrogens (tertiary/aromatic N) is 2. The van der Waals surface area contributed by atoms with Crippen molar-refractivity contribution in [1.29, 1.82) is 0 Å². The zero-order chi connectivity index (χ0) is 16.3. The zero-order valence-electron chi connectivity index (χ0n) is 12.4. The minimum absolute atomic E-state index is 0.575. The summed E-state index contributed by atoms with van der Waals surface area (Å²) in [6, 6.07) is 11.6. The Hall–Kier alpha value is -2.25. The lowest BCUT2D eigenvalue weighted by atomic mass is 9.88. The number of aromatic nitrogens is 1. The molecule has 118 valence electrons. The topological polar surface area (TPSA) is 7.94 Å². The smallest absolute Gasteiger partial charge is 0.396 e. The SMILES string of the molecule is F[B-]1(F)n2cccc2C(c2ccc(-c3cccs3)s2)=C2C=CC=[N+]21. The fraction of sp³-hybridized carbons (Fsp3) is 0. The highest BCUT2D eigenvalue weighted by atomic mass is 32.1. The third kappa shape index (κ3) is 1.82. The summed E-state index contributed by atoms with van der Waals surface area (Å²) in [7, 11) is 0. The second-order valence-corrected chi connectivity index (χ2v) is 7.74. The molecule has 0 saturated carbocycles. The van der Waals surface area contributed by atoms with Gasteiger partial charge in [0.1, 0.15) is 6.21 Å². The lowest BCUT2D eigenvalue weighted by Gasteiger charge is -2.30. The van der Waals surface area contributed by atoms with Crippen LogP contribution in [0.15, 0.2) is 65.8 Å². The first kappa shape index (κ1) is 14.1. The molecule has 3 aromatic heterocycles. The van der Waals surface area contributed by atoms with Crippen molar-refractivity contribution in [2.75, 3.05) is 0 Å². The van der Waals surface area contributed by atoms with E-state index in [-0.39, 0.29) is 0 Å². The normalized spacial score (nSPS) is 17.8. The molecule has 3 aromatic rings. The van der Waals surface area contributed by atoms with Gasteiger partial charge < -0.3 is 17.6 Å². The molecule has 0 amide bonds. The van der Waals surface area contributed by atoms with E-state index >= 15 is 0 Å². The van der Waals surface area contributed by atoms with Gasteiger partial charge in [0.25, 0.3) is 0 Å². The molecule has 5 rings (SSSR count). The third-order valence-corrected chi connectivity index (χ3v) is 6.52. The first-order valence-corrected chi connectivity index (χ1v) is 9.24. The van der Waals surface area contributed by atoms with Crippen LogP contribution in [0.3, 0.4) is 0 Å². The van der Waals surface area contributed by atoms with Crippen molar-refractivity contribution in [1.82, 2.24) is 4.48 Å². The molecule has 5 heterocycles. The van der Waals surface area contributed by atoms with E-state index in [1.807, 2.05) is 17.5 Å². The predicted molar refractivity (Wildman–Crippen MR) is 96.9 cm³/mol. The summed E-state index contributed by atoms with van der Waals surface area (Å²) in [6.07, 6.45) is 6.38. The van der Waals surface area contributed by atoms with Gasteiger partial charge in [-0.25, -0.2) is 0 Å². The van der Waals surface area contributed by atoms with Crippen LogP contribution in [0.1, 0.15) is 10.6 Å². The summed E-state index contributed by atoms with van der Waals surface area (Å²) in [4.78, 5) is 3.36. The molecule has 24 heavy (non-hydrogen) atoms. The second-order valence-electron chi connectivity index (χ2n) is 5.71. The maximum Gasteiger partial charge on any atom is 0.737 e. The van der Waals surface area contributed by atoms with Gasteiger partial charge in [0.15, 0.2) is 5.70 Å². The van der Waals surface area contributed by atoms with Crippen LogP contribution in [0.2, 0.25) is 0 Å². The van der Waals surface area contributed by atoms with Crippen molar-refractivity contribution in [3.05, 3.63) is 76.4 Å². The molecule has 2 nitrogen and oxygen atoms in total. The van der Waals surface area contributed by atoms with Gasteiger partial charge in [-0.1, -0.05) is 6.07 Å². The number of thiophene rings is 2. The van der Waals surface area contributed by atoms with E-state index in [4.69, 9.17) is 0 Å². The molecule has 7 heteroatoms. The monoisotopic (exact) mass is 356 g/mol. The van der Waals surface area contributed by atoms with Gasteiger partial charge in [-0.3, -0.25) is 0 Å². The average Bonchev–Trinajstić information content (AvgIpc) is 3.35. The first-order chi connectivity index (χ1) is 11.7. The summed E-state index contributed by atoms with van der Waals surface area (Å²) >= 11 is 3.32. The van der Waals surface area contributed by atoms with E-state index in [0.717, 1.165) is 24.3 Å². The quantitative estimate of drug-likeness (QED) is 0.576. The molecule has 0 aliphatic carbocycles. The molecule has 0 saturated heterocycles. The van der Waals surface area contributed by atoms with Gasteiger partial charge in [0, 0.05) is 32.5 Å². The molecule has 0 fully saturated rings. The molecule has 0 bridgehead atoms. The van der Waals surface area contributed by atoms with Gasteiger partial charge in [0.2, 0.25) is 0 Å². The number of halogens is 2.